The van der Waals surface area contributed by atoms with Crippen LogP contribution in [0.3, 0.4) is 0 Å². The fourth-order valence-corrected chi connectivity index (χ4v) is 6.09. The molecule has 0 spiro atoms. The maximum absolute atomic E-state index is 11.4. The summed E-state index contributed by atoms with van der Waals surface area (Å²) in [6.45, 7) is 5.69. The molecular weight excluding hydrogens is 576 g/mol. The SMILES string of the molecule is CCC(c1ccc(OCc2ccnc(NS(C)(=O)=O)n2)cc1)c1ccc(OCC2CCC(COCCCCCN)CC2)cc1. The fourth-order valence-electron chi connectivity index (χ4n) is 5.66. The van der Waals surface area contributed by atoms with Gasteiger partial charge in [-0.25, -0.2) is 18.4 Å². The van der Waals surface area contributed by atoms with E-state index in [4.69, 9.17) is 19.9 Å². The minimum atomic E-state index is -3.45. The van der Waals surface area contributed by atoms with E-state index in [0.717, 1.165) is 64.1 Å². The molecule has 0 saturated heterocycles. The first-order valence-corrected chi connectivity index (χ1v) is 17.7. The molecule has 1 atom stereocenters. The number of nitrogens with one attached hydrogen (secondary N) is 1. The Morgan fingerprint density at radius 1 is 0.864 bits per heavy atom. The summed E-state index contributed by atoms with van der Waals surface area (Å²) in [5.41, 5.74) is 8.59. The van der Waals surface area contributed by atoms with Crippen LogP contribution in [0.4, 0.5) is 5.95 Å². The number of anilines is 1. The van der Waals surface area contributed by atoms with E-state index in [-0.39, 0.29) is 18.5 Å². The number of nitrogens with two attached hydrogens (primary N) is 1. The van der Waals surface area contributed by atoms with Crippen molar-refractivity contribution in [3.63, 3.8) is 0 Å². The fraction of sp³-hybridized carbons (Fsp3) is 0.529. The van der Waals surface area contributed by atoms with Gasteiger partial charge in [-0.05, 0) is 111 Å². The number of rotatable bonds is 18. The van der Waals surface area contributed by atoms with Crippen LogP contribution in [0.5, 0.6) is 11.5 Å². The molecule has 3 aromatic rings. The molecule has 9 nitrogen and oxygen atoms in total. The predicted octanol–water partition coefficient (Wildman–Crippen LogP) is 6.30. The minimum Gasteiger partial charge on any atom is -0.493 e. The summed E-state index contributed by atoms with van der Waals surface area (Å²) < 4.78 is 43.1. The van der Waals surface area contributed by atoms with Crippen LogP contribution in [-0.4, -0.2) is 51.0 Å². The molecule has 44 heavy (non-hydrogen) atoms. The Kier molecular flexibility index (Phi) is 13.3. The first kappa shape index (κ1) is 33.7. The summed E-state index contributed by atoms with van der Waals surface area (Å²) in [4.78, 5) is 8.13. The molecule has 0 aliphatic heterocycles. The first-order chi connectivity index (χ1) is 21.3. The van der Waals surface area contributed by atoms with Crippen LogP contribution >= 0.6 is 0 Å². The molecule has 1 saturated carbocycles. The second kappa shape index (κ2) is 17.3. The Labute approximate surface area is 263 Å². The third-order valence-electron chi connectivity index (χ3n) is 8.15. The highest BCUT2D eigenvalue weighted by molar-refractivity contribution is 7.91. The van der Waals surface area contributed by atoms with E-state index >= 15 is 0 Å². The molecule has 2 aromatic carbocycles. The number of hydrogen-bond donors (Lipinski definition) is 2. The van der Waals surface area contributed by atoms with Gasteiger partial charge in [0.1, 0.15) is 18.1 Å². The number of ether oxygens (including phenoxy) is 3. The van der Waals surface area contributed by atoms with E-state index in [9.17, 15) is 8.42 Å². The smallest absolute Gasteiger partial charge is 0.236 e. The van der Waals surface area contributed by atoms with Crippen molar-refractivity contribution in [2.24, 2.45) is 17.6 Å². The maximum atomic E-state index is 11.4. The summed E-state index contributed by atoms with van der Waals surface area (Å²) in [5.74, 6) is 3.23. The summed E-state index contributed by atoms with van der Waals surface area (Å²) in [6.07, 6.45) is 11.8. The quantitative estimate of drug-likeness (QED) is 0.158. The predicted molar refractivity (Wildman–Crippen MR) is 175 cm³/mol. The van der Waals surface area contributed by atoms with Crippen LogP contribution in [0, 0.1) is 11.8 Å². The highest BCUT2D eigenvalue weighted by Crippen LogP contribution is 2.32. The Morgan fingerprint density at radius 2 is 1.48 bits per heavy atom. The number of aromatic nitrogens is 2. The van der Waals surface area contributed by atoms with Gasteiger partial charge in [-0.2, -0.15) is 0 Å². The highest BCUT2D eigenvalue weighted by Gasteiger charge is 2.22. The molecular formula is C34H48N4O5S. The zero-order valence-electron chi connectivity index (χ0n) is 26.1. The number of benzene rings is 2. The van der Waals surface area contributed by atoms with E-state index in [1.807, 2.05) is 12.1 Å². The molecule has 1 fully saturated rings. The van der Waals surface area contributed by atoms with Gasteiger partial charge < -0.3 is 19.9 Å². The molecule has 4 rings (SSSR count). The van der Waals surface area contributed by atoms with Crippen LogP contribution in [-0.2, 0) is 21.4 Å². The van der Waals surface area contributed by atoms with Gasteiger partial charge in [-0.3, -0.25) is 4.72 Å². The van der Waals surface area contributed by atoms with E-state index in [1.165, 1.54) is 43.0 Å². The first-order valence-electron chi connectivity index (χ1n) is 15.9. The summed E-state index contributed by atoms with van der Waals surface area (Å²) in [5, 5.41) is 0. The third kappa shape index (κ3) is 11.4. The molecule has 1 unspecified atom stereocenters. The molecule has 0 bridgehead atoms. The molecule has 1 heterocycles. The molecule has 0 radical (unpaired) electrons. The second-order valence-corrected chi connectivity index (χ2v) is 13.5. The topological polar surface area (TPSA) is 126 Å². The molecule has 1 aliphatic carbocycles. The van der Waals surface area contributed by atoms with Crippen molar-refractivity contribution >= 4 is 16.0 Å². The average Bonchev–Trinajstić information content (AvgIpc) is 3.02. The van der Waals surface area contributed by atoms with Crippen molar-refractivity contribution < 1.29 is 22.6 Å². The number of nitrogens with zero attached hydrogens (tertiary/aromatic N) is 2. The van der Waals surface area contributed by atoms with Crippen molar-refractivity contribution in [1.29, 1.82) is 0 Å². The van der Waals surface area contributed by atoms with E-state index < -0.39 is 10.0 Å². The lowest BCUT2D eigenvalue weighted by Crippen LogP contribution is -2.22. The van der Waals surface area contributed by atoms with Crippen LogP contribution in [0.25, 0.3) is 0 Å². The molecule has 0 amide bonds. The zero-order chi connectivity index (χ0) is 31.2. The van der Waals surface area contributed by atoms with Crippen LogP contribution < -0.4 is 19.9 Å². The monoisotopic (exact) mass is 624 g/mol. The molecule has 1 aliphatic rings. The van der Waals surface area contributed by atoms with Crippen molar-refractivity contribution in [1.82, 2.24) is 9.97 Å². The van der Waals surface area contributed by atoms with Crippen molar-refractivity contribution in [3.8, 4) is 11.5 Å². The lowest BCUT2D eigenvalue weighted by atomic mass is 9.83. The maximum Gasteiger partial charge on any atom is 0.236 e. The molecule has 10 heteroatoms. The molecule has 1 aromatic heterocycles. The van der Waals surface area contributed by atoms with Crippen LogP contribution in [0.1, 0.15) is 81.0 Å². The van der Waals surface area contributed by atoms with Gasteiger partial charge in [-0.15, -0.1) is 0 Å². The van der Waals surface area contributed by atoms with Crippen molar-refractivity contribution in [2.45, 2.75) is 70.8 Å². The van der Waals surface area contributed by atoms with Gasteiger partial charge in [0.2, 0.25) is 16.0 Å². The van der Waals surface area contributed by atoms with E-state index in [1.54, 1.807) is 6.07 Å². The number of unbranched alkanes of at least 4 members (excludes halogenated alkanes) is 2. The average molecular weight is 625 g/mol. The summed E-state index contributed by atoms with van der Waals surface area (Å²) in [6, 6.07) is 18.3. The Hall–Kier alpha value is -3.21. The molecule has 240 valence electrons. The van der Waals surface area contributed by atoms with Crippen molar-refractivity contribution in [2.75, 3.05) is 37.3 Å². The Balaban J connectivity index is 1.20. The lowest BCUT2D eigenvalue weighted by molar-refractivity contribution is 0.0694. The number of sulfonamides is 1. The Bertz CT molecular complexity index is 1360. The van der Waals surface area contributed by atoms with Crippen LogP contribution in [0.15, 0.2) is 60.8 Å². The van der Waals surface area contributed by atoms with Crippen LogP contribution in [0.2, 0.25) is 0 Å². The van der Waals surface area contributed by atoms with Gasteiger partial charge >= 0.3 is 0 Å². The van der Waals surface area contributed by atoms with Gasteiger partial charge in [0.15, 0.2) is 0 Å². The minimum absolute atomic E-state index is 0.0279. The second-order valence-electron chi connectivity index (χ2n) is 11.8. The van der Waals surface area contributed by atoms with Gasteiger partial charge in [0, 0.05) is 25.3 Å². The van der Waals surface area contributed by atoms with Gasteiger partial charge in [-0.1, -0.05) is 31.2 Å². The van der Waals surface area contributed by atoms with E-state index in [2.05, 4.69) is 58.0 Å². The lowest BCUT2D eigenvalue weighted by Gasteiger charge is -2.28. The highest BCUT2D eigenvalue weighted by atomic mass is 32.2. The van der Waals surface area contributed by atoms with Gasteiger partial charge in [0.05, 0.1) is 18.6 Å². The zero-order valence-corrected chi connectivity index (χ0v) is 26.9. The standard InChI is InChI=1S/C34H48N4O5S/c1-3-33(29-13-17-32(18-14-29)43-25-30-19-21-36-34(37-30)38-44(2,39)40)28-11-15-31(16-12-28)42-24-27-9-7-26(8-10-27)23-41-22-6-4-5-20-35/h11-19,21,26-27,33H,3-10,20,22-25,35H2,1-2H3,(H,36,37,38). The van der Waals surface area contributed by atoms with Gasteiger partial charge in [0.25, 0.3) is 0 Å². The molecule has 3 N–H and O–H groups in total. The number of hydrogen-bond acceptors (Lipinski definition) is 8. The Morgan fingerprint density at radius 3 is 2.07 bits per heavy atom. The normalized spacial score (nSPS) is 17.6. The van der Waals surface area contributed by atoms with Crippen molar-refractivity contribution in [3.05, 3.63) is 77.6 Å². The third-order valence-corrected chi connectivity index (χ3v) is 8.70. The largest absolute Gasteiger partial charge is 0.493 e. The van der Waals surface area contributed by atoms with E-state index in [0.29, 0.717) is 23.3 Å². The summed E-state index contributed by atoms with van der Waals surface area (Å²) >= 11 is 0. The summed E-state index contributed by atoms with van der Waals surface area (Å²) in [7, 11) is -3.45.